The highest BCUT2D eigenvalue weighted by Crippen LogP contribution is 2.09. The maximum atomic E-state index is 13.2. The minimum Gasteiger partial charge on any atom is -0.481 e. The summed E-state index contributed by atoms with van der Waals surface area (Å²) >= 11 is 0. The molecule has 38 heavy (non-hydrogen) atoms. The number of nitrogens with one attached hydrogen (secondary N) is 3. The van der Waals surface area contributed by atoms with Crippen molar-refractivity contribution < 1.29 is 44.1 Å². The zero-order valence-electron chi connectivity index (χ0n) is 21.4. The van der Waals surface area contributed by atoms with Gasteiger partial charge in [-0.05, 0) is 24.3 Å². The summed E-state index contributed by atoms with van der Waals surface area (Å²) in [6, 6.07) is 3.38. The summed E-state index contributed by atoms with van der Waals surface area (Å²) in [7, 11) is 0. The van der Waals surface area contributed by atoms with Gasteiger partial charge < -0.3 is 37.0 Å². The van der Waals surface area contributed by atoms with E-state index in [-0.39, 0.29) is 25.2 Å². The van der Waals surface area contributed by atoms with Gasteiger partial charge in [0.05, 0.1) is 6.04 Å². The molecule has 0 spiro atoms. The first-order chi connectivity index (χ1) is 17.8. The van der Waals surface area contributed by atoms with E-state index in [1.165, 1.54) is 0 Å². The summed E-state index contributed by atoms with van der Waals surface area (Å²) in [5, 5.41) is 34.5. The van der Waals surface area contributed by atoms with Crippen LogP contribution in [0.2, 0.25) is 0 Å². The Morgan fingerprint density at radius 2 is 1.24 bits per heavy atom. The van der Waals surface area contributed by atoms with Gasteiger partial charge >= 0.3 is 17.9 Å². The number of hydrogen-bond acceptors (Lipinski definition) is 7. The highest BCUT2D eigenvalue weighted by atomic mass is 16.4. The topological polar surface area (TPSA) is 225 Å². The predicted molar refractivity (Wildman–Crippen MR) is 135 cm³/mol. The number of aliphatic carboxylic acids is 3. The molecule has 5 atom stereocenters. The molecule has 13 nitrogen and oxygen atoms in total. The lowest BCUT2D eigenvalue weighted by atomic mass is 9.98. The fourth-order valence-corrected chi connectivity index (χ4v) is 3.45. The van der Waals surface area contributed by atoms with E-state index in [2.05, 4.69) is 16.0 Å². The van der Waals surface area contributed by atoms with E-state index < -0.39 is 72.6 Å². The quantitative estimate of drug-likeness (QED) is 0.140. The van der Waals surface area contributed by atoms with Gasteiger partial charge in [0.1, 0.15) is 18.1 Å². The molecule has 0 aliphatic carbocycles. The molecule has 210 valence electrons. The zero-order chi connectivity index (χ0) is 28.8. The first kappa shape index (κ1) is 32.0. The molecule has 13 heteroatoms. The van der Waals surface area contributed by atoms with Crippen LogP contribution in [-0.4, -0.2) is 75.1 Å². The number of rotatable bonds is 17. The van der Waals surface area contributed by atoms with Crippen molar-refractivity contribution in [1.29, 1.82) is 0 Å². The molecule has 0 radical (unpaired) electrons. The van der Waals surface area contributed by atoms with Crippen molar-refractivity contribution in [3.8, 4) is 0 Å². The summed E-state index contributed by atoms with van der Waals surface area (Å²) in [4.78, 5) is 72.4. The van der Waals surface area contributed by atoms with Crippen molar-refractivity contribution in [3.63, 3.8) is 0 Å². The van der Waals surface area contributed by atoms with E-state index in [9.17, 15) is 33.9 Å². The second-order valence-electron chi connectivity index (χ2n) is 8.99. The normalized spacial score (nSPS) is 14.7. The maximum absolute atomic E-state index is 13.2. The van der Waals surface area contributed by atoms with E-state index in [1.807, 2.05) is 6.92 Å². The van der Waals surface area contributed by atoms with E-state index in [0.29, 0.717) is 12.0 Å². The van der Waals surface area contributed by atoms with Gasteiger partial charge in [-0.1, -0.05) is 50.6 Å². The second-order valence-corrected chi connectivity index (χ2v) is 8.99. The number of carbonyl (C=O) groups is 6. The molecule has 0 saturated carbocycles. The molecule has 5 unspecified atom stereocenters. The van der Waals surface area contributed by atoms with Crippen LogP contribution in [0.4, 0.5) is 0 Å². The highest BCUT2D eigenvalue weighted by molar-refractivity contribution is 5.94. The lowest BCUT2D eigenvalue weighted by Crippen LogP contribution is -2.58. The van der Waals surface area contributed by atoms with Crippen molar-refractivity contribution >= 4 is 35.6 Å². The minimum absolute atomic E-state index is 0.0599. The van der Waals surface area contributed by atoms with Crippen molar-refractivity contribution in [2.24, 2.45) is 11.7 Å². The molecular formula is C25H36N4O9. The maximum Gasteiger partial charge on any atom is 0.326 e. The molecule has 1 aromatic rings. The first-order valence-electron chi connectivity index (χ1n) is 12.2. The van der Waals surface area contributed by atoms with E-state index >= 15 is 0 Å². The van der Waals surface area contributed by atoms with Crippen LogP contribution in [0, 0.1) is 5.92 Å². The fourth-order valence-electron chi connectivity index (χ4n) is 3.45. The summed E-state index contributed by atoms with van der Waals surface area (Å²) in [5.74, 6) is -6.52. The molecule has 1 rings (SSSR count). The van der Waals surface area contributed by atoms with Gasteiger partial charge in [-0.3, -0.25) is 24.0 Å². The minimum atomic E-state index is -1.52. The van der Waals surface area contributed by atoms with Gasteiger partial charge in [-0.2, -0.15) is 0 Å². The molecule has 8 N–H and O–H groups in total. The summed E-state index contributed by atoms with van der Waals surface area (Å²) in [6.45, 7) is 3.58. The Balaban J connectivity index is 3.16. The Bertz CT molecular complexity index is 986. The Labute approximate surface area is 220 Å². The number of nitrogens with two attached hydrogens (primary N) is 1. The van der Waals surface area contributed by atoms with E-state index in [1.54, 1.807) is 37.3 Å². The molecule has 0 aliphatic heterocycles. The van der Waals surface area contributed by atoms with E-state index in [0.717, 1.165) is 0 Å². The standard InChI is InChI=1S/C25H36N4O9/c1-3-14(2)21(26)24(36)27-16(9-11-19(30)31)22(34)29-18(13-15-7-5-4-6-8-15)23(35)28-17(25(37)38)10-12-20(32)33/h4-8,14,16-18,21H,3,9-13,26H2,1-2H3,(H,27,36)(H,28,35)(H,29,34)(H,30,31)(H,32,33)(H,37,38). The van der Waals surface area contributed by atoms with Gasteiger partial charge in [-0.15, -0.1) is 0 Å². The van der Waals surface area contributed by atoms with Gasteiger partial charge in [-0.25, -0.2) is 4.79 Å². The van der Waals surface area contributed by atoms with Crippen molar-refractivity contribution in [2.45, 2.75) is 76.5 Å². The number of amides is 3. The monoisotopic (exact) mass is 536 g/mol. The van der Waals surface area contributed by atoms with Crippen LogP contribution >= 0.6 is 0 Å². The smallest absolute Gasteiger partial charge is 0.326 e. The summed E-state index contributed by atoms with van der Waals surface area (Å²) in [5.41, 5.74) is 6.56. The highest BCUT2D eigenvalue weighted by Gasteiger charge is 2.31. The molecule has 1 aromatic carbocycles. The number of hydrogen-bond donors (Lipinski definition) is 7. The van der Waals surface area contributed by atoms with Gasteiger partial charge in [0.15, 0.2) is 0 Å². The van der Waals surface area contributed by atoms with Gasteiger partial charge in [0.2, 0.25) is 17.7 Å². The SMILES string of the molecule is CCC(C)C(N)C(=O)NC(CCC(=O)O)C(=O)NC(Cc1ccccc1)C(=O)NC(CCC(=O)O)C(=O)O. The predicted octanol–water partition coefficient (Wildman–Crippen LogP) is -0.129. The third kappa shape index (κ3) is 11.4. The lowest BCUT2D eigenvalue weighted by Gasteiger charge is -2.26. The Morgan fingerprint density at radius 1 is 0.763 bits per heavy atom. The Morgan fingerprint density at radius 3 is 1.74 bits per heavy atom. The van der Waals surface area contributed by atoms with Crippen LogP contribution in [0.1, 0.15) is 51.5 Å². The van der Waals surface area contributed by atoms with Crippen LogP contribution in [0.5, 0.6) is 0 Å². The average Bonchev–Trinajstić information content (AvgIpc) is 2.87. The largest absolute Gasteiger partial charge is 0.481 e. The molecule has 0 fully saturated rings. The van der Waals surface area contributed by atoms with Crippen LogP contribution in [0.3, 0.4) is 0 Å². The second kappa shape index (κ2) is 16.0. The fraction of sp³-hybridized carbons (Fsp3) is 0.520. The molecule has 0 heterocycles. The van der Waals surface area contributed by atoms with Crippen molar-refractivity contribution in [3.05, 3.63) is 35.9 Å². The van der Waals surface area contributed by atoms with Crippen LogP contribution in [0.15, 0.2) is 30.3 Å². The number of benzene rings is 1. The van der Waals surface area contributed by atoms with Gasteiger partial charge in [0.25, 0.3) is 0 Å². The molecule has 0 bridgehead atoms. The summed E-state index contributed by atoms with van der Waals surface area (Å²) < 4.78 is 0. The third-order valence-corrected chi connectivity index (χ3v) is 6.02. The van der Waals surface area contributed by atoms with Crippen LogP contribution < -0.4 is 21.7 Å². The zero-order valence-corrected chi connectivity index (χ0v) is 21.4. The molecule has 0 saturated heterocycles. The van der Waals surface area contributed by atoms with Crippen LogP contribution in [-0.2, 0) is 35.2 Å². The first-order valence-corrected chi connectivity index (χ1v) is 12.2. The van der Waals surface area contributed by atoms with Crippen molar-refractivity contribution in [1.82, 2.24) is 16.0 Å². The Kier molecular flexibility index (Phi) is 13.5. The van der Waals surface area contributed by atoms with Crippen molar-refractivity contribution in [2.75, 3.05) is 0 Å². The van der Waals surface area contributed by atoms with E-state index in [4.69, 9.17) is 15.9 Å². The number of carboxylic acid groups (broad SMARTS) is 3. The molecular weight excluding hydrogens is 500 g/mol. The molecule has 0 aliphatic rings. The lowest BCUT2D eigenvalue weighted by molar-refractivity contribution is -0.143. The van der Waals surface area contributed by atoms with Crippen LogP contribution in [0.25, 0.3) is 0 Å². The summed E-state index contributed by atoms with van der Waals surface area (Å²) in [6.07, 6.45) is -1.10. The number of carboxylic acids is 3. The Hall–Kier alpha value is -4.00. The molecule has 3 amide bonds. The number of carbonyl (C=O) groups excluding carboxylic acids is 3. The van der Waals surface area contributed by atoms with Gasteiger partial charge in [0, 0.05) is 19.3 Å². The molecule has 0 aromatic heterocycles. The third-order valence-electron chi connectivity index (χ3n) is 6.02. The average molecular weight is 537 g/mol.